The monoisotopic (exact) mass is 314 g/mol. The minimum atomic E-state index is -0.567. The molecule has 0 bridgehead atoms. The molecule has 1 atom stereocenters. The quantitative estimate of drug-likeness (QED) is 0.928. The van der Waals surface area contributed by atoms with E-state index in [1.54, 1.807) is 18.2 Å². The van der Waals surface area contributed by atoms with Gasteiger partial charge >= 0.3 is 0 Å². The molecule has 20 heavy (non-hydrogen) atoms. The van der Waals surface area contributed by atoms with E-state index in [-0.39, 0.29) is 12.5 Å². The fraction of sp³-hybridized carbons (Fsp3) is 0.429. The van der Waals surface area contributed by atoms with Crippen LogP contribution in [0.25, 0.3) is 0 Å². The van der Waals surface area contributed by atoms with Gasteiger partial charge in [0.25, 0.3) is 0 Å². The zero-order chi connectivity index (χ0) is 14.7. The van der Waals surface area contributed by atoms with E-state index >= 15 is 0 Å². The van der Waals surface area contributed by atoms with E-state index in [0.717, 1.165) is 11.3 Å². The molecule has 0 saturated heterocycles. The number of β-amino-alcohol motifs (C(OH)–C–C–N with tert-alkyl or cyclic N) is 1. The van der Waals surface area contributed by atoms with Crippen LogP contribution >= 0.6 is 23.2 Å². The average Bonchev–Trinajstić information content (AvgIpc) is 2.41. The largest absolute Gasteiger partial charge is 0.391 e. The molecule has 1 unspecified atom stereocenters. The van der Waals surface area contributed by atoms with Crippen LogP contribution in [0.3, 0.4) is 0 Å². The second kappa shape index (κ2) is 6.57. The summed E-state index contributed by atoms with van der Waals surface area (Å²) in [5.41, 5.74) is 1.52. The maximum Gasteiger partial charge on any atom is 0.243 e. The molecule has 1 amide bonds. The van der Waals surface area contributed by atoms with Gasteiger partial charge in [0.15, 0.2) is 0 Å². The molecule has 0 radical (unpaired) electrons. The lowest BCUT2D eigenvalue weighted by Gasteiger charge is -2.25. The number of hydrogen-bond donors (Lipinski definition) is 1. The van der Waals surface area contributed by atoms with Gasteiger partial charge in [-0.25, -0.2) is 5.01 Å². The van der Waals surface area contributed by atoms with Crippen LogP contribution < -0.4 is 0 Å². The molecule has 1 aromatic carbocycles. The Morgan fingerprint density at radius 2 is 2.15 bits per heavy atom. The first kappa shape index (κ1) is 15.3. The van der Waals surface area contributed by atoms with Crippen LogP contribution in [-0.4, -0.2) is 34.4 Å². The highest BCUT2D eigenvalue weighted by molar-refractivity contribution is 6.37. The fourth-order valence-corrected chi connectivity index (χ4v) is 2.51. The average molecular weight is 315 g/mol. The van der Waals surface area contributed by atoms with Crippen molar-refractivity contribution in [1.82, 2.24) is 5.01 Å². The van der Waals surface area contributed by atoms with E-state index in [0.29, 0.717) is 29.3 Å². The number of hydrogen-bond acceptors (Lipinski definition) is 3. The highest BCUT2D eigenvalue weighted by atomic mass is 35.5. The van der Waals surface area contributed by atoms with Crippen LogP contribution in [0.15, 0.2) is 23.3 Å². The van der Waals surface area contributed by atoms with E-state index in [1.165, 1.54) is 5.01 Å². The first-order valence-electron chi connectivity index (χ1n) is 6.52. The topological polar surface area (TPSA) is 52.9 Å². The van der Waals surface area contributed by atoms with Crippen molar-refractivity contribution in [2.24, 2.45) is 5.10 Å². The molecule has 1 aromatic rings. The fourth-order valence-electron chi connectivity index (χ4n) is 1.99. The van der Waals surface area contributed by atoms with Gasteiger partial charge in [0.1, 0.15) is 0 Å². The lowest BCUT2D eigenvalue weighted by atomic mass is 10.0. The number of aliphatic hydroxyl groups excluding tert-OH is 1. The predicted molar refractivity (Wildman–Crippen MR) is 80.2 cm³/mol. The third-order valence-electron chi connectivity index (χ3n) is 3.20. The first-order valence-corrected chi connectivity index (χ1v) is 7.28. The Bertz CT molecular complexity index is 546. The highest BCUT2D eigenvalue weighted by Crippen LogP contribution is 2.25. The third kappa shape index (κ3) is 3.51. The second-order valence-corrected chi connectivity index (χ2v) is 5.55. The SMILES string of the molecule is CCC(O)CN1N=C(c2ccc(Cl)cc2Cl)CCC1=O. The molecule has 2 rings (SSSR count). The van der Waals surface area contributed by atoms with E-state index in [4.69, 9.17) is 23.2 Å². The summed E-state index contributed by atoms with van der Waals surface area (Å²) in [6.45, 7) is 2.07. The van der Waals surface area contributed by atoms with Crippen molar-refractivity contribution < 1.29 is 9.90 Å². The van der Waals surface area contributed by atoms with Gasteiger partial charge in [-0.05, 0) is 18.6 Å². The maximum absolute atomic E-state index is 11.8. The van der Waals surface area contributed by atoms with Crippen molar-refractivity contribution in [3.05, 3.63) is 33.8 Å². The number of benzene rings is 1. The smallest absolute Gasteiger partial charge is 0.243 e. The summed E-state index contributed by atoms with van der Waals surface area (Å²) in [6, 6.07) is 5.20. The van der Waals surface area contributed by atoms with Crippen LogP contribution in [0.1, 0.15) is 31.7 Å². The van der Waals surface area contributed by atoms with Gasteiger partial charge < -0.3 is 5.11 Å². The van der Waals surface area contributed by atoms with Crippen molar-refractivity contribution in [3.8, 4) is 0 Å². The Labute approximate surface area is 128 Å². The van der Waals surface area contributed by atoms with E-state index in [9.17, 15) is 9.90 Å². The molecule has 1 aliphatic rings. The van der Waals surface area contributed by atoms with E-state index in [2.05, 4.69) is 5.10 Å². The minimum Gasteiger partial charge on any atom is -0.391 e. The number of carbonyl (C=O) groups excluding carboxylic acids is 1. The van der Waals surface area contributed by atoms with Gasteiger partial charge in [-0.15, -0.1) is 0 Å². The van der Waals surface area contributed by atoms with Crippen LogP contribution in [0.2, 0.25) is 10.0 Å². The van der Waals surface area contributed by atoms with Crippen LogP contribution in [0, 0.1) is 0 Å². The van der Waals surface area contributed by atoms with Crippen molar-refractivity contribution in [2.75, 3.05) is 6.54 Å². The number of carbonyl (C=O) groups is 1. The van der Waals surface area contributed by atoms with E-state index < -0.39 is 6.10 Å². The molecule has 0 aromatic heterocycles. The summed E-state index contributed by atoms with van der Waals surface area (Å²) < 4.78 is 0. The summed E-state index contributed by atoms with van der Waals surface area (Å²) in [4.78, 5) is 11.8. The van der Waals surface area contributed by atoms with Gasteiger partial charge in [0, 0.05) is 23.4 Å². The van der Waals surface area contributed by atoms with Crippen LogP contribution in [0.5, 0.6) is 0 Å². The Morgan fingerprint density at radius 3 is 2.80 bits per heavy atom. The Hall–Kier alpha value is -1.10. The van der Waals surface area contributed by atoms with Gasteiger partial charge in [-0.3, -0.25) is 4.79 Å². The van der Waals surface area contributed by atoms with Crippen molar-refractivity contribution >= 4 is 34.8 Å². The van der Waals surface area contributed by atoms with Gasteiger partial charge in [-0.1, -0.05) is 36.2 Å². The molecule has 108 valence electrons. The Balaban J connectivity index is 2.26. The lowest BCUT2D eigenvalue weighted by molar-refractivity contribution is -0.133. The van der Waals surface area contributed by atoms with Gasteiger partial charge in [-0.2, -0.15) is 5.10 Å². The first-order chi connectivity index (χ1) is 9.51. The van der Waals surface area contributed by atoms with Crippen molar-refractivity contribution in [3.63, 3.8) is 0 Å². The molecule has 0 spiro atoms. The highest BCUT2D eigenvalue weighted by Gasteiger charge is 2.23. The molecule has 1 heterocycles. The molecular weight excluding hydrogens is 299 g/mol. The molecule has 0 aliphatic carbocycles. The molecule has 1 N–H and O–H groups in total. The molecule has 4 nitrogen and oxygen atoms in total. The maximum atomic E-state index is 11.8. The third-order valence-corrected chi connectivity index (χ3v) is 3.75. The van der Waals surface area contributed by atoms with Crippen molar-refractivity contribution in [1.29, 1.82) is 0 Å². The summed E-state index contributed by atoms with van der Waals surface area (Å²) in [5, 5.41) is 16.4. The van der Waals surface area contributed by atoms with Crippen LogP contribution in [-0.2, 0) is 4.79 Å². The number of nitrogens with zero attached hydrogens (tertiary/aromatic N) is 2. The van der Waals surface area contributed by atoms with Crippen LogP contribution in [0.4, 0.5) is 0 Å². The zero-order valence-electron chi connectivity index (χ0n) is 11.1. The molecule has 0 saturated carbocycles. The lowest BCUT2D eigenvalue weighted by Crippen LogP contribution is -2.37. The number of hydrazone groups is 1. The minimum absolute atomic E-state index is 0.0775. The summed E-state index contributed by atoms with van der Waals surface area (Å²) in [7, 11) is 0. The number of aliphatic hydroxyl groups is 1. The summed E-state index contributed by atoms with van der Waals surface area (Å²) >= 11 is 12.0. The van der Waals surface area contributed by atoms with Gasteiger partial charge in [0.05, 0.1) is 23.4 Å². The standard InChI is InChI=1S/C14H16Cl2N2O2/c1-2-10(19)8-18-14(20)6-5-13(17-18)11-4-3-9(15)7-12(11)16/h3-4,7,10,19H,2,5-6,8H2,1H3. The van der Waals surface area contributed by atoms with Gasteiger partial charge in [0.2, 0.25) is 5.91 Å². The Kier molecular flexibility index (Phi) is 5.02. The van der Waals surface area contributed by atoms with Crippen molar-refractivity contribution in [2.45, 2.75) is 32.3 Å². The normalized spacial score (nSPS) is 17.1. The molecular formula is C14H16Cl2N2O2. The Morgan fingerprint density at radius 1 is 1.40 bits per heavy atom. The molecule has 6 heteroatoms. The predicted octanol–water partition coefficient (Wildman–Crippen LogP) is 3.09. The zero-order valence-corrected chi connectivity index (χ0v) is 12.7. The molecule has 1 aliphatic heterocycles. The summed E-state index contributed by atoms with van der Waals surface area (Å²) in [5.74, 6) is -0.0775. The second-order valence-electron chi connectivity index (χ2n) is 4.71. The molecule has 0 fully saturated rings. The number of halogens is 2. The van der Waals surface area contributed by atoms with E-state index in [1.807, 2.05) is 6.92 Å². The number of amides is 1. The summed E-state index contributed by atoms with van der Waals surface area (Å²) in [6.07, 6.45) is 0.923. The number of rotatable bonds is 4.